The molecule has 196 valence electrons. The standard InChI is InChI=1S/C30H36N2O5/c1-21(2)16-32(29(34)23-9-11-24(12-10-23)30(3,4)5)19-28(33)31(18-25-7-6-14-35-25)17-22-8-13-26-27(15-22)37-20-36-26/h6-15,21H,16-20H2,1-5H3. The molecule has 0 atom stereocenters. The van der Waals surface area contributed by atoms with Crippen molar-refractivity contribution in [1.82, 2.24) is 9.80 Å². The molecule has 37 heavy (non-hydrogen) atoms. The Bertz CT molecular complexity index is 1210. The summed E-state index contributed by atoms with van der Waals surface area (Å²) in [6.07, 6.45) is 1.59. The number of benzene rings is 2. The van der Waals surface area contributed by atoms with E-state index >= 15 is 0 Å². The molecule has 0 spiro atoms. The zero-order valence-electron chi connectivity index (χ0n) is 22.3. The number of carbonyl (C=O) groups is 2. The molecule has 2 aromatic carbocycles. The van der Waals surface area contributed by atoms with Gasteiger partial charge in [0.1, 0.15) is 12.3 Å². The van der Waals surface area contributed by atoms with Crippen LogP contribution in [0.4, 0.5) is 0 Å². The van der Waals surface area contributed by atoms with Crippen LogP contribution in [-0.2, 0) is 23.3 Å². The molecule has 1 aliphatic heterocycles. The molecule has 2 heterocycles. The number of rotatable bonds is 9. The van der Waals surface area contributed by atoms with Gasteiger partial charge in [-0.1, -0.05) is 52.8 Å². The predicted octanol–water partition coefficient (Wildman–Crippen LogP) is 5.63. The molecule has 0 unspecified atom stereocenters. The highest BCUT2D eigenvalue weighted by molar-refractivity contribution is 5.96. The van der Waals surface area contributed by atoms with Gasteiger partial charge in [-0.25, -0.2) is 0 Å². The zero-order chi connectivity index (χ0) is 26.6. The molecular weight excluding hydrogens is 468 g/mol. The van der Waals surface area contributed by atoms with Crippen LogP contribution in [-0.4, -0.2) is 41.5 Å². The SMILES string of the molecule is CC(C)CN(CC(=O)N(Cc1ccc2c(c1)OCO2)Cc1ccco1)C(=O)c1ccc(C(C)(C)C)cc1. The Morgan fingerprint density at radius 1 is 0.919 bits per heavy atom. The smallest absolute Gasteiger partial charge is 0.254 e. The van der Waals surface area contributed by atoms with Gasteiger partial charge in [0.05, 0.1) is 12.8 Å². The summed E-state index contributed by atoms with van der Waals surface area (Å²) in [7, 11) is 0. The van der Waals surface area contributed by atoms with E-state index in [0.717, 1.165) is 11.1 Å². The quantitative estimate of drug-likeness (QED) is 0.378. The molecular formula is C30H36N2O5. The maximum absolute atomic E-state index is 13.7. The number of amides is 2. The van der Waals surface area contributed by atoms with E-state index in [1.54, 1.807) is 22.1 Å². The van der Waals surface area contributed by atoms with Gasteiger partial charge in [-0.05, 0) is 58.9 Å². The van der Waals surface area contributed by atoms with Crippen molar-refractivity contribution in [3.8, 4) is 11.5 Å². The summed E-state index contributed by atoms with van der Waals surface area (Å²) >= 11 is 0. The van der Waals surface area contributed by atoms with Gasteiger partial charge in [0.2, 0.25) is 12.7 Å². The highest BCUT2D eigenvalue weighted by Gasteiger charge is 2.25. The summed E-state index contributed by atoms with van der Waals surface area (Å²) < 4.78 is 16.5. The second-order valence-corrected chi connectivity index (χ2v) is 10.9. The first-order chi connectivity index (χ1) is 17.6. The van der Waals surface area contributed by atoms with Crippen LogP contribution in [0.15, 0.2) is 65.3 Å². The van der Waals surface area contributed by atoms with E-state index in [4.69, 9.17) is 13.9 Å². The van der Waals surface area contributed by atoms with Gasteiger partial charge in [0.25, 0.3) is 5.91 Å². The van der Waals surface area contributed by atoms with Crippen LogP contribution in [0.25, 0.3) is 0 Å². The number of carbonyl (C=O) groups excluding carboxylic acids is 2. The van der Waals surface area contributed by atoms with Crippen LogP contribution in [0, 0.1) is 5.92 Å². The minimum atomic E-state index is -0.158. The Morgan fingerprint density at radius 3 is 2.30 bits per heavy atom. The summed E-state index contributed by atoms with van der Waals surface area (Å²) in [5.74, 6) is 1.93. The van der Waals surface area contributed by atoms with Crippen molar-refractivity contribution in [2.24, 2.45) is 5.92 Å². The second-order valence-electron chi connectivity index (χ2n) is 10.9. The molecule has 1 aliphatic rings. The highest BCUT2D eigenvalue weighted by Crippen LogP contribution is 2.33. The van der Waals surface area contributed by atoms with Crippen LogP contribution < -0.4 is 9.47 Å². The first kappa shape index (κ1) is 26.3. The molecule has 4 rings (SSSR count). The molecule has 0 saturated heterocycles. The zero-order valence-corrected chi connectivity index (χ0v) is 22.3. The number of fused-ring (bicyclic) bond motifs is 1. The monoisotopic (exact) mass is 504 g/mol. The van der Waals surface area contributed by atoms with E-state index in [-0.39, 0.29) is 36.5 Å². The van der Waals surface area contributed by atoms with Gasteiger partial charge < -0.3 is 23.7 Å². The van der Waals surface area contributed by atoms with Gasteiger partial charge in [0.15, 0.2) is 11.5 Å². The highest BCUT2D eigenvalue weighted by atomic mass is 16.7. The minimum Gasteiger partial charge on any atom is -0.467 e. The third kappa shape index (κ3) is 6.73. The van der Waals surface area contributed by atoms with Crippen LogP contribution in [0.2, 0.25) is 0 Å². The van der Waals surface area contributed by atoms with Crippen molar-refractivity contribution in [3.63, 3.8) is 0 Å². The van der Waals surface area contributed by atoms with Crippen molar-refractivity contribution >= 4 is 11.8 Å². The lowest BCUT2D eigenvalue weighted by atomic mass is 9.86. The van der Waals surface area contributed by atoms with E-state index in [2.05, 4.69) is 20.8 Å². The largest absolute Gasteiger partial charge is 0.467 e. The van der Waals surface area contributed by atoms with Crippen molar-refractivity contribution in [1.29, 1.82) is 0 Å². The predicted molar refractivity (Wildman–Crippen MR) is 141 cm³/mol. The average Bonchev–Trinajstić information content (AvgIpc) is 3.53. The molecule has 0 bridgehead atoms. The fourth-order valence-electron chi connectivity index (χ4n) is 4.30. The normalized spacial score (nSPS) is 12.6. The summed E-state index contributed by atoms with van der Waals surface area (Å²) in [4.78, 5) is 30.5. The molecule has 0 fully saturated rings. The molecule has 2 amide bonds. The Morgan fingerprint density at radius 2 is 1.65 bits per heavy atom. The van der Waals surface area contributed by atoms with Crippen molar-refractivity contribution < 1.29 is 23.5 Å². The summed E-state index contributed by atoms with van der Waals surface area (Å²) in [5.41, 5.74) is 2.64. The van der Waals surface area contributed by atoms with Crippen LogP contribution in [0.5, 0.6) is 11.5 Å². The van der Waals surface area contributed by atoms with E-state index in [9.17, 15) is 9.59 Å². The van der Waals surface area contributed by atoms with E-state index in [1.165, 1.54) is 0 Å². The number of ether oxygens (including phenoxy) is 2. The summed E-state index contributed by atoms with van der Waals surface area (Å²) in [5, 5.41) is 0. The molecule has 7 heteroatoms. The maximum Gasteiger partial charge on any atom is 0.254 e. The van der Waals surface area contributed by atoms with Gasteiger partial charge >= 0.3 is 0 Å². The second kappa shape index (κ2) is 11.1. The average molecular weight is 505 g/mol. The van der Waals surface area contributed by atoms with Crippen LogP contribution >= 0.6 is 0 Å². The van der Waals surface area contributed by atoms with Crippen LogP contribution in [0.3, 0.4) is 0 Å². The van der Waals surface area contributed by atoms with E-state index in [1.807, 2.05) is 62.4 Å². The molecule has 0 saturated carbocycles. The van der Waals surface area contributed by atoms with Crippen molar-refractivity contribution in [3.05, 3.63) is 83.3 Å². The lowest BCUT2D eigenvalue weighted by Crippen LogP contribution is -2.43. The third-order valence-corrected chi connectivity index (χ3v) is 6.29. The fourth-order valence-corrected chi connectivity index (χ4v) is 4.30. The number of hydrogen-bond acceptors (Lipinski definition) is 5. The third-order valence-electron chi connectivity index (χ3n) is 6.29. The van der Waals surface area contributed by atoms with Crippen molar-refractivity contribution in [2.75, 3.05) is 19.9 Å². The first-order valence-corrected chi connectivity index (χ1v) is 12.7. The van der Waals surface area contributed by atoms with Gasteiger partial charge in [0, 0.05) is 18.7 Å². The molecule has 7 nitrogen and oxygen atoms in total. The Labute approximate surface area is 219 Å². The molecule has 3 aromatic rings. The minimum absolute atomic E-state index is 0.00373. The summed E-state index contributed by atoms with van der Waals surface area (Å²) in [6.45, 7) is 11.8. The van der Waals surface area contributed by atoms with E-state index in [0.29, 0.717) is 42.5 Å². The summed E-state index contributed by atoms with van der Waals surface area (Å²) in [6, 6.07) is 17.0. The first-order valence-electron chi connectivity index (χ1n) is 12.7. The topological polar surface area (TPSA) is 72.2 Å². The number of nitrogens with zero attached hydrogens (tertiary/aromatic N) is 2. The number of furan rings is 1. The van der Waals surface area contributed by atoms with Crippen molar-refractivity contribution in [2.45, 2.75) is 53.1 Å². The molecule has 1 aromatic heterocycles. The molecule has 0 N–H and O–H groups in total. The lowest BCUT2D eigenvalue weighted by Gasteiger charge is -2.29. The van der Waals surface area contributed by atoms with Gasteiger partial charge in [-0.15, -0.1) is 0 Å². The van der Waals surface area contributed by atoms with Gasteiger partial charge in [-0.3, -0.25) is 9.59 Å². The Hall–Kier alpha value is -3.74. The fraction of sp³-hybridized carbons (Fsp3) is 0.400. The molecule has 0 aliphatic carbocycles. The maximum atomic E-state index is 13.7. The van der Waals surface area contributed by atoms with Crippen LogP contribution in [0.1, 0.15) is 61.9 Å². The molecule has 0 radical (unpaired) electrons. The Balaban J connectivity index is 1.54. The van der Waals surface area contributed by atoms with E-state index < -0.39 is 0 Å². The number of hydrogen-bond donors (Lipinski definition) is 0. The van der Waals surface area contributed by atoms with Gasteiger partial charge in [-0.2, -0.15) is 0 Å². The Kier molecular flexibility index (Phi) is 7.91. The lowest BCUT2D eigenvalue weighted by molar-refractivity contribution is -0.133.